The monoisotopic (exact) mass is 444 g/mol. The number of amides is 1. The molecule has 1 aromatic heterocycles. The lowest BCUT2D eigenvalue weighted by Crippen LogP contribution is -2.41. The summed E-state index contributed by atoms with van der Waals surface area (Å²) in [6.07, 6.45) is 1.70. The van der Waals surface area contributed by atoms with Gasteiger partial charge in [0.05, 0.1) is 28.6 Å². The summed E-state index contributed by atoms with van der Waals surface area (Å²) in [4.78, 5) is 19.2. The zero-order chi connectivity index (χ0) is 21.1. The number of ether oxygens (including phenoxy) is 1. The van der Waals surface area contributed by atoms with Crippen LogP contribution in [-0.2, 0) is 25.1 Å². The summed E-state index contributed by atoms with van der Waals surface area (Å²) >= 11 is 1.40. The molecule has 0 N–H and O–H groups in total. The highest BCUT2D eigenvalue weighted by atomic mass is 32.2. The molecule has 0 saturated carbocycles. The van der Waals surface area contributed by atoms with E-state index < -0.39 is 21.5 Å². The van der Waals surface area contributed by atoms with E-state index in [9.17, 15) is 13.2 Å². The second-order valence-corrected chi connectivity index (χ2v) is 10.7. The van der Waals surface area contributed by atoms with Crippen molar-refractivity contribution in [2.45, 2.75) is 31.6 Å². The van der Waals surface area contributed by atoms with Gasteiger partial charge in [0.2, 0.25) is 5.91 Å². The van der Waals surface area contributed by atoms with Crippen LogP contribution in [0.5, 0.6) is 0 Å². The van der Waals surface area contributed by atoms with Crippen molar-refractivity contribution in [3.05, 3.63) is 59.7 Å². The molecule has 158 valence electrons. The van der Waals surface area contributed by atoms with Gasteiger partial charge in [0, 0.05) is 6.61 Å². The molecule has 1 fully saturated rings. The number of sulfone groups is 1. The average Bonchev–Trinajstić information content (AvgIpc) is 3.35. The minimum Gasteiger partial charge on any atom is -0.376 e. The van der Waals surface area contributed by atoms with E-state index in [-0.39, 0.29) is 11.9 Å². The van der Waals surface area contributed by atoms with Gasteiger partial charge in [-0.05, 0) is 43.0 Å². The topological polar surface area (TPSA) is 76.6 Å². The Bertz CT molecular complexity index is 1140. The third-order valence-corrected chi connectivity index (χ3v) is 7.55. The van der Waals surface area contributed by atoms with E-state index in [0.29, 0.717) is 23.8 Å². The summed E-state index contributed by atoms with van der Waals surface area (Å²) in [6, 6.07) is 14.8. The Morgan fingerprint density at radius 2 is 2.03 bits per heavy atom. The number of rotatable bonds is 7. The third-order valence-electron chi connectivity index (χ3n) is 5.05. The number of aryl methyl sites for hydroxylation is 1. The van der Waals surface area contributed by atoms with Gasteiger partial charge in [-0.15, -0.1) is 0 Å². The molecule has 8 heteroatoms. The second kappa shape index (κ2) is 8.83. The summed E-state index contributed by atoms with van der Waals surface area (Å²) in [6.45, 7) is 2.99. The molecule has 0 aliphatic carbocycles. The number of benzene rings is 2. The van der Waals surface area contributed by atoms with Crippen LogP contribution in [0.25, 0.3) is 10.2 Å². The lowest BCUT2D eigenvalue weighted by Gasteiger charge is -2.23. The predicted molar refractivity (Wildman–Crippen MR) is 120 cm³/mol. The van der Waals surface area contributed by atoms with Crippen LogP contribution in [-0.4, -0.2) is 44.3 Å². The normalized spacial score (nSPS) is 16.8. The third kappa shape index (κ3) is 5.06. The SMILES string of the molecule is Cc1ccc2nc(N(CC3CCCO3)C(=O)CS(=O)(=O)Cc3ccccc3)sc2c1. The van der Waals surface area contributed by atoms with Gasteiger partial charge in [-0.2, -0.15) is 0 Å². The lowest BCUT2D eigenvalue weighted by molar-refractivity contribution is -0.116. The van der Waals surface area contributed by atoms with Crippen LogP contribution in [0.4, 0.5) is 5.13 Å². The highest BCUT2D eigenvalue weighted by molar-refractivity contribution is 7.91. The highest BCUT2D eigenvalue weighted by Crippen LogP contribution is 2.31. The predicted octanol–water partition coefficient (Wildman–Crippen LogP) is 3.73. The summed E-state index contributed by atoms with van der Waals surface area (Å²) in [5, 5.41) is 0.519. The van der Waals surface area contributed by atoms with E-state index >= 15 is 0 Å². The molecular formula is C22H24N2O4S2. The Morgan fingerprint density at radius 1 is 1.23 bits per heavy atom. The van der Waals surface area contributed by atoms with Crippen molar-refractivity contribution in [3.63, 3.8) is 0 Å². The van der Waals surface area contributed by atoms with Crippen LogP contribution >= 0.6 is 11.3 Å². The van der Waals surface area contributed by atoms with Gasteiger partial charge in [-0.1, -0.05) is 47.7 Å². The van der Waals surface area contributed by atoms with E-state index in [1.54, 1.807) is 24.3 Å². The number of aromatic nitrogens is 1. The molecule has 0 radical (unpaired) electrons. The van der Waals surface area contributed by atoms with Gasteiger partial charge in [-0.3, -0.25) is 9.69 Å². The van der Waals surface area contributed by atoms with Gasteiger partial charge in [0.25, 0.3) is 0 Å². The Labute approximate surface area is 180 Å². The summed E-state index contributed by atoms with van der Waals surface area (Å²) in [5.74, 6) is -1.17. The molecule has 1 aliphatic rings. The molecule has 1 amide bonds. The largest absolute Gasteiger partial charge is 0.376 e. The van der Waals surface area contributed by atoms with Gasteiger partial charge in [-0.25, -0.2) is 13.4 Å². The molecule has 0 spiro atoms. The molecule has 1 atom stereocenters. The van der Waals surface area contributed by atoms with E-state index in [4.69, 9.17) is 4.74 Å². The van der Waals surface area contributed by atoms with E-state index in [1.807, 2.05) is 31.2 Å². The number of thiazole rings is 1. The van der Waals surface area contributed by atoms with Crippen LogP contribution < -0.4 is 4.90 Å². The van der Waals surface area contributed by atoms with E-state index in [0.717, 1.165) is 28.6 Å². The lowest BCUT2D eigenvalue weighted by atomic mass is 10.2. The van der Waals surface area contributed by atoms with Crippen molar-refractivity contribution < 1.29 is 17.9 Å². The fourth-order valence-electron chi connectivity index (χ4n) is 3.56. The van der Waals surface area contributed by atoms with Crippen molar-refractivity contribution in [1.29, 1.82) is 0 Å². The van der Waals surface area contributed by atoms with Gasteiger partial charge in [0.1, 0.15) is 5.75 Å². The number of anilines is 1. The molecule has 0 bridgehead atoms. The fraction of sp³-hybridized carbons (Fsp3) is 0.364. The Hall–Kier alpha value is -2.29. The number of hydrogen-bond acceptors (Lipinski definition) is 6. The quantitative estimate of drug-likeness (QED) is 0.555. The minimum atomic E-state index is -3.61. The van der Waals surface area contributed by atoms with Crippen molar-refractivity contribution in [1.82, 2.24) is 4.98 Å². The summed E-state index contributed by atoms with van der Waals surface area (Å²) in [7, 11) is -3.61. The van der Waals surface area contributed by atoms with Gasteiger partial charge in [0.15, 0.2) is 15.0 Å². The van der Waals surface area contributed by atoms with Gasteiger partial charge >= 0.3 is 0 Å². The molecular weight excluding hydrogens is 420 g/mol. The van der Waals surface area contributed by atoms with Crippen molar-refractivity contribution >= 4 is 42.4 Å². The Balaban J connectivity index is 1.58. The number of fused-ring (bicyclic) bond motifs is 1. The second-order valence-electron chi connectivity index (χ2n) is 7.62. The first-order valence-electron chi connectivity index (χ1n) is 9.93. The van der Waals surface area contributed by atoms with Gasteiger partial charge < -0.3 is 4.74 Å². The number of carbonyl (C=O) groups excluding carboxylic acids is 1. The molecule has 30 heavy (non-hydrogen) atoms. The van der Waals surface area contributed by atoms with Crippen LogP contribution in [0.2, 0.25) is 0 Å². The van der Waals surface area contributed by atoms with Crippen LogP contribution in [0, 0.1) is 6.92 Å². The first-order chi connectivity index (χ1) is 14.4. The smallest absolute Gasteiger partial charge is 0.244 e. The average molecular weight is 445 g/mol. The summed E-state index contributed by atoms with van der Waals surface area (Å²) in [5.41, 5.74) is 2.59. The molecule has 1 saturated heterocycles. The molecule has 1 unspecified atom stereocenters. The Kier molecular flexibility index (Phi) is 6.17. The first kappa shape index (κ1) is 21.0. The molecule has 2 heterocycles. The zero-order valence-corrected chi connectivity index (χ0v) is 18.4. The number of hydrogen-bond donors (Lipinski definition) is 0. The van der Waals surface area contributed by atoms with Crippen molar-refractivity contribution in [2.24, 2.45) is 0 Å². The Morgan fingerprint density at radius 3 is 2.77 bits per heavy atom. The summed E-state index contributed by atoms with van der Waals surface area (Å²) < 4.78 is 32.1. The van der Waals surface area contributed by atoms with Crippen molar-refractivity contribution in [2.75, 3.05) is 23.8 Å². The maximum absolute atomic E-state index is 13.1. The first-order valence-corrected chi connectivity index (χ1v) is 12.6. The van der Waals surface area contributed by atoms with E-state index in [2.05, 4.69) is 4.98 Å². The molecule has 4 rings (SSSR count). The highest BCUT2D eigenvalue weighted by Gasteiger charge is 2.29. The molecule has 6 nitrogen and oxygen atoms in total. The number of carbonyl (C=O) groups is 1. The zero-order valence-electron chi connectivity index (χ0n) is 16.8. The maximum Gasteiger partial charge on any atom is 0.244 e. The molecule has 3 aromatic rings. The van der Waals surface area contributed by atoms with Crippen LogP contribution in [0.3, 0.4) is 0 Å². The number of nitrogens with zero attached hydrogens (tertiary/aromatic N) is 2. The van der Waals surface area contributed by atoms with Crippen LogP contribution in [0.15, 0.2) is 48.5 Å². The van der Waals surface area contributed by atoms with Crippen LogP contribution in [0.1, 0.15) is 24.0 Å². The van der Waals surface area contributed by atoms with E-state index in [1.165, 1.54) is 16.2 Å². The standard InChI is InChI=1S/C22H24N2O4S2/c1-16-9-10-19-20(12-16)29-22(23-19)24(13-18-8-5-11-28-18)21(25)15-30(26,27)14-17-6-3-2-4-7-17/h2-4,6-7,9-10,12,18H,5,8,11,13-15H2,1H3. The minimum absolute atomic E-state index is 0.0977. The molecule has 1 aliphatic heterocycles. The fourth-order valence-corrected chi connectivity index (χ4v) is 5.98. The van der Waals surface area contributed by atoms with Crippen molar-refractivity contribution in [3.8, 4) is 0 Å². The maximum atomic E-state index is 13.1. The molecule has 2 aromatic carbocycles.